The molecule has 1 fully saturated rings. The number of hydrogen-bond acceptors (Lipinski definition) is 3. The normalized spacial score (nSPS) is 19.0. The van der Waals surface area contributed by atoms with E-state index < -0.39 is 10.2 Å². The molecule has 0 radical (unpaired) electrons. The highest BCUT2D eigenvalue weighted by Gasteiger charge is 2.24. The van der Waals surface area contributed by atoms with E-state index >= 15 is 0 Å². The first-order valence-corrected chi connectivity index (χ1v) is 10.2. The summed E-state index contributed by atoms with van der Waals surface area (Å²) in [6, 6.07) is 19.8. The Morgan fingerprint density at radius 1 is 0.960 bits per heavy atom. The van der Waals surface area contributed by atoms with E-state index in [4.69, 9.17) is 0 Å². The largest absolute Gasteiger partial charge is 0.298 e. The number of benzene rings is 2. The Labute approximate surface area is 150 Å². The van der Waals surface area contributed by atoms with Crippen LogP contribution in [-0.4, -0.2) is 32.4 Å². The van der Waals surface area contributed by atoms with Gasteiger partial charge in [-0.1, -0.05) is 60.7 Å². The van der Waals surface area contributed by atoms with Crippen LogP contribution in [0, 0.1) is 0 Å². The van der Waals surface area contributed by atoms with Gasteiger partial charge in [-0.25, -0.2) is 0 Å². The molecular formula is C19H25N3O2S. The molecule has 2 aromatic carbocycles. The second-order valence-corrected chi connectivity index (χ2v) is 8.02. The predicted octanol–water partition coefficient (Wildman–Crippen LogP) is 2.28. The molecule has 1 atom stereocenters. The highest BCUT2D eigenvalue weighted by Crippen LogP contribution is 2.14. The van der Waals surface area contributed by atoms with Crippen LogP contribution in [0.4, 0.5) is 0 Å². The van der Waals surface area contributed by atoms with Crippen LogP contribution in [0.25, 0.3) is 0 Å². The van der Waals surface area contributed by atoms with Crippen molar-refractivity contribution in [3.63, 3.8) is 0 Å². The molecule has 2 aromatic rings. The van der Waals surface area contributed by atoms with E-state index in [2.05, 4.69) is 26.5 Å². The van der Waals surface area contributed by atoms with Gasteiger partial charge >= 0.3 is 0 Å². The molecule has 1 aliphatic rings. The SMILES string of the molecule is O=S(=O)(NCc1ccccc1)N[C@@H]1CCCN(Cc2ccccc2)C1. The molecule has 1 saturated heterocycles. The molecule has 2 N–H and O–H groups in total. The van der Waals surface area contributed by atoms with Crippen molar-refractivity contribution >= 4 is 10.2 Å². The van der Waals surface area contributed by atoms with Crippen LogP contribution < -0.4 is 9.44 Å². The summed E-state index contributed by atoms with van der Waals surface area (Å²) in [6.07, 6.45) is 1.87. The van der Waals surface area contributed by atoms with Crippen LogP contribution in [0.3, 0.4) is 0 Å². The zero-order valence-corrected chi connectivity index (χ0v) is 15.1. The predicted molar refractivity (Wildman–Crippen MR) is 100 cm³/mol. The average molecular weight is 359 g/mol. The van der Waals surface area contributed by atoms with E-state index in [0.29, 0.717) is 6.54 Å². The van der Waals surface area contributed by atoms with Crippen molar-refractivity contribution in [3.8, 4) is 0 Å². The highest BCUT2D eigenvalue weighted by atomic mass is 32.2. The second-order valence-electron chi connectivity index (χ2n) is 6.49. The van der Waals surface area contributed by atoms with Gasteiger partial charge in [-0.05, 0) is 30.5 Å². The maximum atomic E-state index is 12.3. The van der Waals surface area contributed by atoms with Gasteiger partial charge in [0.25, 0.3) is 10.2 Å². The topological polar surface area (TPSA) is 61.4 Å². The Morgan fingerprint density at radius 3 is 2.28 bits per heavy atom. The van der Waals surface area contributed by atoms with Gasteiger partial charge in [0.2, 0.25) is 0 Å². The molecule has 0 aliphatic carbocycles. The lowest BCUT2D eigenvalue weighted by Gasteiger charge is -2.33. The molecule has 1 heterocycles. The monoisotopic (exact) mass is 359 g/mol. The smallest absolute Gasteiger partial charge is 0.277 e. The summed E-state index contributed by atoms with van der Waals surface area (Å²) in [6.45, 7) is 2.90. The quantitative estimate of drug-likeness (QED) is 0.797. The van der Waals surface area contributed by atoms with Gasteiger partial charge in [0.1, 0.15) is 0 Å². The third-order valence-corrected chi connectivity index (χ3v) is 5.55. The average Bonchev–Trinajstić information content (AvgIpc) is 2.62. The number of nitrogens with one attached hydrogen (secondary N) is 2. The van der Waals surface area contributed by atoms with Gasteiger partial charge in [0.15, 0.2) is 0 Å². The van der Waals surface area contributed by atoms with Crippen molar-refractivity contribution in [3.05, 3.63) is 71.8 Å². The van der Waals surface area contributed by atoms with Crippen molar-refractivity contribution in [2.45, 2.75) is 32.0 Å². The molecule has 1 aliphatic heterocycles. The lowest BCUT2D eigenvalue weighted by atomic mass is 10.1. The van der Waals surface area contributed by atoms with Gasteiger partial charge in [-0.15, -0.1) is 0 Å². The van der Waals surface area contributed by atoms with E-state index in [1.165, 1.54) is 5.56 Å². The third-order valence-electron chi connectivity index (χ3n) is 4.39. The van der Waals surface area contributed by atoms with Crippen LogP contribution in [0.2, 0.25) is 0 Å². The number of hydrogen-bond donors (Lipinski definition) is 2. The first kappa shape index (κ1) is 18.1. The summed E-state index contributed by atoms with van der Waals surface area (Å²) >= 11 is 0. The molecule has 25 heavy (non-hydrogen) atoms. The summed E-state index contributed by atoms with van der Waals surface area (Å²) in [5.74, 6) is 0. The standard InChI is InChI=1S/C19H25N3O2S/c23-25(24,20-14-17-8-3-1-4-9-17)21-19-12-7-13-22(16-19)15-18-10-5-2-6-11-18/h1-6,8-11,19-21H,7,12-16H2/t19-/m1/s1. The van der Waals surface area contributed by atoms with Crippen LogP contribution in [0.5, 0.6) is 0 Å². The van der Waals surface area contributed by atoms with Gasteiger partial charge < -0.3 is 0 Å². The zero-order chi connectivity index (χ0) is 17.5. The molecule has 134 valence electrons. The van der Waals surface area contributed by atoms with Crippen LogP contribution in [0.1, 0.15) is 24.0 Å². The minimum absolute atomic E-state index is 0.0502. The van der Waals surface area contributed by atoms with Crippen molar-refractivity contribution < 1.29 is 8.42 Å². The fourth-order valence-corrected chi connectivity index (χ4v) is 4.24. The molecule has 0 bridgehead atoms. The summed E-state index contributed by atoms with van der Waals surface area (Å²) in [5, 5.41) is 0. The van der Waals surface area contributed by atoms with Gasteiger partial charge in [-0.2, -0.15) is 17.9 Å². The Hall–Kier alpha value is -1.73. The van der Waals surface area contributed by atoms with E-state index in [9.17, 15) is 8.42 Å². The van der Waals surface area contributed by atoms with Crippen molar-refractivity contribution in [1.29, 1.82) is 0 Å². The van der Waals surface area contributed by atoms with E-state index in [-0.39, 0.29) is 6.04 Å². The number of rotatable bonds is 7. The van der Waals surface area contributed by atoms with E-state index in [1.807, 2.05) is 48.5 Å². The highest BCUT2D eigenvalue weighted by molar-refractivity contribution is 7.87. The molecule has 0 aromatic heterocycles. The van der Waals surface area contributed by atoms with E-state index in [1.54, 1.807) is 0 Å². The fraction of sp³-hybridized carbons (Fsp3) is 0.368. The maximum Gasteiger partial charge on any atom is 0.277 e. The minimum atomic E-state index is -3.50. The Morgan fingerprint density at radius 2 is 1.60 bits per heavy atom. The van der Waals surface area contributed by atoms with Crippen molar-refractivity contribution in [2.75, 3.05) is 13.1 Å². The molecule has 0 saturated carbocycles. The third kappa shape index (κ3) is 5.93. The van der Waals surface area contributed by atoms with Gasteiger partial charge in [0, 0.05) is 25.7 Å². The Bertz CT molecular complexity index is 751. The van der Waals surface area contributed by atoms with Crippen LogP contribution in [-0.2, 0) is 23.3 Å². The van der Waals surface area contributed by atoms with Crippen LogP contribution in [0.15, 0.2) is 60.7 Å². The molecular weight excluding hydrogens is 334 g/mol. The van der Waals surface area contributed by atoms with Crippen molar-refractivity contribution in [1.82, 2.24) is 14.3 Å². The van der Waals surface area contributed by atoms with Crippen molar-refractivity contribution in [2.24, 2.45) is 0 Å². The molecule has 0 spiro atoms. The lowest BCUT2D eigenvalue weighted by Crippen LogP contribution is -2.50. The fourth-order valence-electron chi connectivity index (χ4n) is 3.17. The summed E-state index contributed by atoms with van der Waals surface area (Å²) in [7, 11) is -3.50. The summed E-state index contributed by atoms with van der Waals surface area (Å²) < 4.78 is 30.0. The number of piperidine rings is 1. The second kappa shape index (κ2) is 8.58. The molecule has 0 amide bonds. The first-order chi connectivity index (χ1) is 12.1. The lowest BCUT2D eigenvalue weighted by molar-refractivity contribution is 0.194. The van der Waals surface area contributed by atoms with E-state index in [0.717, 1.165) is 38.0 Å². The van der Waals surface area contributed by atoms with Gasteiger partial charge in [0.05, 0.1) is 0 Å². The number of nitrogens with zero attached hydrogens (tertiary/aromatic N) is 1. The molecule has 5 nitrogen and oxygen atoms in total. The Kier molecular flexibility index (Phi) is 6.20. The molecule has 6 heteroatoms. The summed E-state index contributed by atoms with van der Waals surface area (Å²) in [4.78, 5) is 2.31. The summed E-state index contributed by atoms with van der Waals surface area (Å²) in [5.41, 5.74) is 2.20. The first-order valence-electron chi connectivity index (χ1n) is 8.68. The minimum Gasteiger partial charge on any atom is -0.298 e. The number of likely N-dealkylation sites (tertiary alicyclic amines) is 1. The molecule has 0 unspecified atom stereocenters. The molecule has 3 rings (SSSR count). The zero-order valence-electron chi connectivity index (χ0n) is 14.3. The Balaban J connectivity index is 1.51. The van der Waals surface area contributed by atoms with Crippen LogP contribution >= 0.6 is 0 Å². The van der Waals surface area contributed by atoms with Gasteiger partial charge in [-0.3, -0.25) is 4.90 Å². The maximum absolute atomic E-state index is 12.3.